The molecule has 1 aliphatic rings. The molecule has 3 nitrogen and oxygen atoms in total. The third-order valence-electron chi connectivity index (χ3n) is 3.62. The number of methoxy groups -OCH3 is 1. The van der Waals surface area contributed by atoms with E-state index >= 15 is 0 Å². The first kappa shape index (κ1) is 14.5. The van der Waals surface area contributed by atoms with Gasteiger partial charge < -0.3 is 9.47 Å². The Morgan fingerprint density at radius 2 is 1.84 bits per heavy atom. The first-order valence-electron chi connectivity index (χ1n) is 7.10. The van der Waals surface area contributed by atoms with E-state index in [2.05, 4.69) is 43.0 Å². The zero-order valence-electron chi connectivity index (χ0n) is 12.3. The lowest BCUT2D eigenvalue weighted by molar-refractivity contribution is -0.0698. The molecule has 0 radical (unpaired) electrons. The van der Waals surface area contributed by atoms with Gasteiger partial charge in [-0.05, 0) is 17.0 Å². The lowest BCUT2D eigenvalue weighted by Gasteiger charge is -2.39. The largest absolute Gasteiger partial charge is 0.382 e. The Hall–Kier alpha value is -0.900. The maximum atomic E-state index is 5.67. The highest BCUT2D eigenvalue weighted by atomic mass is 16.5. The highest BCUT2D eigenvalue weighted by molar-refractivity contribution is 5.24. The van der Waals surface area contributed by atoms with Crippen molar-refractivity contribution in [3.63, 3.8) is 0 Å². The maximum absolute atomic E-state index is 5.67. The van der Waals surface area contributed by atoms with E-state index < -0.39 is 0 Å². The van der Waals surface area contributed by atoms with Crippen LogP contribution in [0.1, 0.15) is 30.9 Å². The Balaban J connectivity index is 1.69. The van der Waals surface area contributed by atoms with Crippen molar-refractivity contribution in [3.8, 4) is 0 Å². The summed E-state index contributed by atoms with van der Waals surface area (Å²) in [4.78, 5) is 2.42. The van der Waals surface area contributed by atoms with E-state index in [1.165, 1.54) is 11.1 Å². The average Bonchev–Trinajstić information content (AvgIpc) is 2.36. The Labute approximate surface area is 116 Å². The van der Waals surface area contributed by atoms with Gasteiger partial charge in [0, 0.05) is 26.7 Å². The van der Waals surface area contributed by atoms with Gasteiger partial charge in [0.25, 0.3) is 0 Å². The van der Waals surface area contributed by atoms with Gasteiger partial charge in [-0.1, -0.05) is 38.1 Å². The number of ether oxygens (including phenoxy) is 2. The molecular weight excluding hydrogens is 238 g/mol. The fourth-order valence-corrected chi connectivity index (χ4v) is 2.32. The molecule has 3 heteroatoms. The van der Waals surface area contributed by atoms with Crippen molar-refractivity contribution in [2.24, 2.45) is 0 Å². The lowest BCUT2D eigenvalue weighted by atomic mass is 10.0. The quantitative estimate of drug-likeness (QED) is 0.706. The summed E-state index contributed by atoms with van der Waals surface area (Å²) in [6.07, 6.45) is 0.394. The minimum Gasteiger partial charge on any atom is -0.382 e. The van der Waals surface area contributed by atoms with Crippen LogP contribution < -0.4 is 0 Å². The maximum Gasteiger partial charge on any atom is 0.0830 e. The summed E-state index contributed by atoms with van der Waals surface area (Å²) < 4.78 is 10.6. The standard InChI is InChI=1S/C16H25NO2/c1-13(2)15-6-4-14(5-7-15)10-17-11-16(12-17)19-9-8-18-3/h4-7,13,16H,8-12H2,1-3H3. The smallest absolute Gasteiger partial charge is 0.0830 e. The van der Waals surface area contributed by atoms with Gasteiger partial charge in [-0.25, -0.2) is 0 Å². The third-order valence-corrected chi connectivity index (χ3v) is 3.62. The second kappa shape index (κ2) is 7.04. The number of hydrogen-bond acceptors (Lipinski definition) is 3. The van der Waals surface area contributed by atoms with Gasteiger partial charge in [-0.15, -0.1) is 0 Å². The van der Waals surface area contributed by atoms with Crippen LogP contribution in [0.3, 0.4) is 0 Å². The summed E-state index contributed by atoms with van der Waals surface area (Å²) in [5.41, 5.74) is 2.80. The molecule has 0 aliphatic carbocycles. The van der Waals surface area contributed by atoms with Crippen molar-refractivity contribution >= 4 is 0 Å². The summed E-state index contributed by atoms with van der Waals surface area (Å²) in [7, 11) is 1.71. The summed E-state index contributed by atoms with van der Waals surface area (Å²) in [6.45, 7) is 8.96. The Morgan fingerprint density at radius 1 is 1.16 bits per heavy atom. The highest BCUT2D eigenvalue weighted by Gasteiger charge is 2.26. The van der Waals surface area contributed by atoms with Gasteiger partial charge in [-0.2, -0.15) is 0 Å². The van der Waals surface area contributed by atoms with Crippen LogP contribution in [-0.4, -0.2) is 44.4 Å². The molecule has 0 saturated carbocycles. The molecule has 0 amide bonds. The summed E-state index contributed by atoms with van der Waals surface area (Å²) in [6, 6.07) is 8.97. The summed E-state index contributed by atoms with van der Waals surface area (Å²) in [5, 5.41) is 0. The molecule has 0 aromatic heterocycles. The molecule has 0 spiro atoms. The Kier molecular flexibility index (Phi) is 5.37. The zero-order chi connectivity index (χ0) is 13.7. The molecule has 1 heterocycles. The minimum atomic E-state index is 0.394. The first-order valence-corrected chi connectivity index (χ1v) is 7.10. The van der Waals surface area contributed by atoms with Crippen molar-refractivity contribution in [2.75, 3.05) is 33.4 Å². The van der Waals surface area contributed by atoms with E-state index in [1.54, 1.807) is 7.11 Å². The molecule has 1 fully saturated rings. The minimum absolute atomic E-state index is 0.394. The molecule has 19 heavy (non-hydrogen) atoms. The van der Waals surface area contributed by atoms with Crippen molar-refractivity contribution < 1.29 is 9.47 Å². The predicted molar refractivity (Wildman–Crippen MR) is 77.4 cm³/mol. The fraction of sp³-hybridized carbons (Fsp3) is 0.625. The number of rotatable bonds is 7. The predicted octanol–water partition coefficient (Wildman–Crippen LogP) is 2.66. The molecule has 0 bridgehead atoms. The summed E-state index contributed by atoms with van der Waals surface area (Å²) in [5.74, 6) is 0.608. The highest BCUT2D eigenvalue weighted by Crippen LogP contribution is 2.18. The van der Waals surface area contributed by atoms with Crippen LogP contribution in [0.4, 0.5) is 0 Å². The van der Waals surface area contributed by atoms with Crippen molar-refractivity contribution in [1.82, 2.24) is 4.90 Å². The van der Waals surface area contributed by atoms with Crippen molar-refractivity contribution in [3.05, 3.63) is 35.4 Å². The molecule has 0 unspecified atom stereocenters. The van der Waals surface area contributed by atoms with Gasteiger partial charge in [0.05, 0.1) is 19.3 Å². The Bertz CT molecular complexity index is 369. The number of hydrogen-bond donors (Lipinski definition) is 0. The molecule has 0 atom stereocenters. The third kappa shape index (κ3) is 4.30. The molecule has 2 rings (SSSR count). The molecule has 106 valence electrons. The number of likely N-dealkylation sites (tertiary alicyclic amines) is 1. The molecule has 1 aromatic rings. The van der Waals surface area contributed by atoms with E-state index in [0.717, 1.165) is 19.6 Å². The van der Waals surface area contributed by atoms with Crippen LogP contribution in [0.5, 0.6) is 0 Å². The van der Waals surface area contributed by atoms with Crippen molar-refractivity contribution in [2.45, 2.75) is 32.4 Å². The number of nitrogens with zero attached hydrogens (tertiary/aromatic N) is 1. The van der Waals surface area contributed by atoms with E-state index in [4.69, 9.17) is 9.47 Å². The monoisotopic (exact) mass is 263 g/mol. The molecule has 1 aliphatic heterocycles. The molecule has 1 aromatic carbocycles. The van der Waals surface area contributed by atoms with Gasteiger partial charge in [0.1, 0.15) is 0 Å². The fourth-order valence-electron chi connectivity index (χ4n) is 2.32. The van der Waals surface area contributed by atoms with Crippen LogP contribution in [0.2, 0.25) is 0 Å². The first-order chi connectivity index (χ1) is 9.19. The van der Waals surface area contributed by atoms with Gasteiger partial charge in [-0.3, -0.25) is 4.90 Å². The van der Waals surface area contributed by atoms with E-state index in [-0.39, 0.29) is 0 Å². The normalized spacial score (nSPS) is 16.8. The van der Waals surface area contributed by atoms with Gasteiger partial charge >= 0.3 is 0 Å². The van der Waals surface area contributed by atoms with Crippen LogP contribution in [0.25, 0.3) is 0 Å². The van der Waals surface area contributed by atoms with E-state index in [0.29, 0.717) is 25.2 Å². The van der Waals surface area contributed by atoms with Crippen LogP contribution >= 0.6 is 0 Å². The number of benzene rings is 1. The van der Waals surface area contributed by atoms with Crippen molar-refractivity contribution in [1.29, 1.82) is 0 Å². The molecule has 1 saturated heterocycles. The van der Waals surface area contributed by atoms with Crippen LogP contribution in [-0.2, 0) is 16.0 Å². The van der Waals surface area contributed by atoms with Crippen LogP contribution in [0.15, 0.2) is 24.3 Å². The SMILES string of the molecule is COCCOC1CN(Cc2ccc(C(C)C)cc2)C1. The van der Waals surface area contributed by atoms with Gasteiger partial charge in [0.15, 0.2) is 0 Å². The lowest BCUT2D eigenvalue weighted by Crippen LogP contribution is -2.51. The summed E-state index contributed by atoms with van der Waals surface area (Å²) >= 11 is 0. The molecular formula is C16H25NO2. The molecule has 0 N–H and O–H groups in total. The topological polar surface area (TPSA) is 21.7 Å². The van der Waals surface area contributed by atoms with Gasteiger partial charge in [0.2, 0.25) is 0 Å². The second-order valence-corrected chi connectivity index (χ2v) is 5.58. The van der Waals surface area contributed by atoms with Crippen LogP contribution in [0, 0.1) is 0 Å². The second-order valence-electron chi connectivity index (χ2n) is 5.58. The average molecular weight is 263 g/mol. The van der Waals surface area contributed by atoms with E-state index in [1.807, 2.05) is 0 Å². The Morgan fingerprint density at radius 3 is 2.42 bits per heavy atom. The zero-order valence-corrected chi connectivity index (χ0v) is 12.3. The van der Waals surface area contributed by atoms with E-state index in [9.17, 15) is 0 Å².